The standard InChI is InChI=1S/C19H25N3O3S/c1-24-11-9-16-20-18(25-21-16)15-8-4-5-10-22(15)19(23)17-14-7-3-2-6-13(14)12-26-17/h12,15H,2-11H2,1H3. The van der Waals surface area contributed by atoms with Gasteiger partial charge in [0, 0.05) is 20.1 Å². The van der Waals surface area contributed by atoms with Gasteiger partial charge >= 0.3 is 0 Å². The Morgan fingerprint density at radius 3 is 3.12 bits per heavy atom. The Labute approximate surface area is 157 Å². The van der Waals surface area contributed by atoms with Gasteiger partial charge in [0.25, 0.3) is 5.91 Å². The van der Waals surface area contributed by atoms with E-state index in [1.807, 2.05) is 4.90 Å². The van der Waals surface area contributed by atoms with Crippen LogP contribution < -0.4 is 0 Å². The van der Waals surface area contributed by atoms with E-state index in [9.17, 15) is 4.79 Å². The van der Waals surface area contributed by atoms with E-state index in [0.717, 1.165) is 43.5 Å². The van der Waals surface area contributed by atoms with Gasteiger partial charge in [0.2, 0.25) is 5.89 Å². The number of rotatable bonds is 5. The molecule has 3 heterocycles. The number of piperidine rings is 1. The third-order valence-corrected chi connectivity index (χ3v) is 6.42. The molecule has 1 aliphatic carbocycles. The molecule has 0 N–H and O–H groups in total. The Bertz CT molecular complexity index is 770. The van der Waals surface area contributed by atoms with E-state index >= 15 is 0 Å². The predicted molar refractivity (Wildman–Crippen MR) is 98.5 cm³/mol. The number of hydrogen-bond donors (Lipinski definition) is 0. The first-order valence-electron chi connectivity index (χ1n) is 9.49. The average Bonchev–Trinajstić information content (AvgIpc) is 3.33. The number of aryl methyl sites for hydroxylation is 1. The molecule has 1 unspecified atom stereocenters. The molecule has 4 rings (SSSR count). The Balaban J connectivity index is 1.56. The molecule has 1 amide bonds. The molecule has 7 heteroatoms. The SMILES string of the molecule is COCCc1noc(C2CCCCN2C(=O)c2scc3c2CCCC3)n1. The van der Waals surface area contributed by atoms with E-state index in [4.69, 9.17) is 9.26 Å². The van der Waals surface area contributed by atoms with Crippen molar-refractivity contribution in [2.75, 3.05) is 20.3 Å². The van der Waals surface area contributed by atoms with Crippen LogP contribution in [-0.2, 0) is 24.0 Å². The van der Waals surface area contributed by atoms with Gasteiger partial charge < -0.3 is 14.2 Å². The molecule has 1 aliphatic heterocycles. The molecule has 140 valence electrons. The zero-order valence-corrected chi connectivity index (χ0v) is 16.0. The molecule has 2 aliphatic rings. The summed E-state index contributed by atoms with van der Waals surface area (Å²) in [4.78, 5) is 20.7. The van der Waals surface area contributed by atoms with Crippen molar-refractivity contribution in [2.24, 2.45) is 0 Å². The molecule has 0 spiro atoms. The van der Waals surface area contributed by atoms with Crippen LogP contribution in [0.1, 0.15) is 70.7 Å². The molecule has 26 heavy (non-hydrogen) atoms. The highest BCUT2D eigenvalue weighted by Gasteiger charge is 2.34. The lowest BCUT2D eigenvalue weighted by atomic mass is 9.93. The number of carbonyl (C=O) groups excluding carboxylic acids is 1. The van der Waals surface area contributed by atoms with Gasteiger partial charge in [-0.2, -0.15) is 4.98 Å². The summed E-state index contributed by atoms with van der Waals surface area (Å²) in [6, 6.07) is -0.110. The summed E-state index contributed by atoms with van der Waals surface area (Å²) in [5, 5.41) is 6.23. The number of carbonyl (C=O) groups is 1. The van der Waals surface area contributed by atoms with Gasteiger partial charge in [-0.25, -0.2) is 0 Å². The minimum atomic E-state index is -0.110. The van der Waals surface area contributed by atoms with Gasteiger partial charge in [-0.15, -0.1) is 11.3 Å². The molecular formula is C19H25N3O3S. The van der Waals surface area contributed by atoms with Gasteiger partial charge in [0.15, 0.2) is 5.82 Å². The van der Waals surface area contributed by atoms with Crippen LogP contribution in [0.25, 0.3) is 0 Å². The summed E-state index contributed by atoms with van der Waals surface area (Å²) < 4.78 is 10.6. The third-order valence-electron chi connectivity index (χ3n) is 5.36. The van der Waals surface area contributed by atoms with Gasteiger partial charge in [-0.1, -0.05) is 5.16 Å². The Morgan fingerprint density at radius 2 is 2.23 bits per heavy atom. The van der Waals surface area contributed by atoms with Gasteiger partial charge in [0.1, 0.15) is 6.04 Å². The Morgan fingerprint density at radius 1 is 1.35 bits per heavy atom. The third kappa shape index (κ3) is 3.42. The molecular weight excluding hydrogens is 350 g/mol. The van der Waals surface area contributed by atoms with Crippen molar-refractivity contribution in [3.05, 3.63) is 33.1 Å². The minimum absolute atomic E-state index is 0.110. The van der Waals surface area contributed by atoms with Crippen molar-refractivity contribution >= 4 is 17.2 Å². The number of hydrogen-bond acceptors (Lipinski definition) is 6. The first kappa shape index (κ1) is 17.7. The van der Waals surface area contributed by atoms with Crippen molar-refractivity contribution < 1.29 is 14.1 Å². The lowest BCUT2D eigenvalue weighted by molar-refractivity contribution is 0.0565. The molecule has 0 radical (unpaired) electrons. The first-order chi connectivity index (χ1) is 12.8. The summed E-state index contributed by atoms with van der Waals surface area (Å²) >= 11 is 1.61. The van der Waals surface area contributed by atoms with Crippen LogP contribution in [0.3, 0.4) is 0 Å². The van der Waals surface area contributed by atoms with Crippen LogP contribution in [-0.4, -0.2) is 41.2 Å². The molecule has 0 saturated carbocycles. The van der Waals surface area contributed by atoms with Crippen LogP contribution in [0.4, 0.5) is 0 Å². The highest BCUT2D eigenvalue weighted by atomic mass is 32.1. The maximum atomic E-state index is 13.3. The fourth-order valence-electron chi connectivity index (χ4n) is 3.96. The number of aromatic nitrogens is 2. The first-order valence-corrected chi connectivity index (χ1v) is 10.4. The second-order valence-electron chi connectivity index (χ2n) is 7.08. The molecule has 6 nitrogen and oxygen atoms in total. The van der Waals surface area contributed by atoms with E-state index in [-0.39, 0.29) is 11.9 Å². The van der Waals surface area contributed by atoms with E-state index < -0.39 is 0 Å². The number of likely N-dealkylation sites (tertiary alicyclic amines) is 1. The Kier molecular flexibility index (Phi) is 5.36. The zero-order chi connectivity index (χ0) is 17.9. The topological polar surface area (TPSA) is 68.5 Å². The van der Waals surface area contributed by atoms with E-state index in [1.165, 1.54) is 24.0 Å². The van der Waals surface area contributed by atoms with Crippen molar-refractivity contribution in [1.82, 2.24) is 15.0 Å². The summed E-state index contributed by atoms with van der Waals surface area (Å²) in [5.74, 6) is 1.35. The van der Waals surface area contributed by atoms with Crippen molar-refractivity contribution in [2.45, 2.75) is 57.4 Å². The largest absolute Gasteiger partial charge is 0.384 e. The number of ether oxygens (including phenoxy) is 1. The maximum Gasteiger partial charge on any atom is 0.264 e. The van der Waals surface area contributed by atoms with Gasteiger partial charge in [-0.3, -0.25) is 4.79 Å². The second-order valence-corrected chi connectivity index (χ2v) is 7.96. The highest BCUT2D eigenvalue weighted by Crippen LogP contribution is 2.35. The van der Waals surface area contributed by atoms with Crippen molar-refractivity contribution in [1.29, 1.82) is 0 Å². The second kappa shape index (κ2) is 7.88. The van der Waals surface area contributed by atoms with Crippen molar-refractivity contribution in [3.63, 3.8) is 0 Å². The van der Waals surface area contributed by atoms with Crippen molar-refractivity contribution in [3.8, 4) is 0 Å². The predicted octanol–water partition coefficient (Wildman–Crippen LogP) is 3.57. The summed E-state index contributed by atoms with van der Waals surface area (Å²) in [7, 11) is 1.66. The fraction of sp³-hybridized carbons (Fsp3) is 0.632. The number of methoxy groups -OCH3 is 1. The minimum Gasteiger partial charge on any atom is -0.384 e. The lowest BCUT2D eigenvalue weighted by Gasteiger charge is -2.33. The van der Waals surface area contributed by atoms with Crippen LogP contribution in [0.5, 0.6) is 0 Å². The molecule has 1 saturated heterocycles. The van der Waals surface area contributed by atoms with Gasteiger partial charge in [0.05, 0.1) is 11.5 Å². The number of nitrogens with zero attached hydrogens (tertiary/aromatic N) is 3. The highest BCUT2D eigenvalue weighted by molar-refractivity contribution is 7.12. The van der Waals surface area contributed by atoms with E-state index in [0.29, 0.717) is 24.7 Å². The number of thiophene rings is 1. The number of fused-ring (bicyclic) bond motifs is 1. The molecule has 1 atom stereocenters. The average molecular weight is 375 g/mol. The molecule has 2 aromatic heterocycles. The molecule has 2 aromatic rings. The van der Waals surface area contributed by atoms with Crippen LogP contribution in [0, 0.1) is 0 Å². The molecule has 0 aromatic carbocycles. The van der Waals surface area contributed by atoms with Gasteiger partial charge in [-0.05, 0) is 61.5 Å². The van der Waals surface area contributed by atoms with E-state index in [1.54, 1.807) is 18.4 Å². The normalized spacial score (nSPS) is 20.2. The summed E-state index contributed by atoms with van der Waals surface area (Å²) in [5.41, 5.74) is 2.65. The molecule has 0 bridgehead atoms. The van der Waals surface area contributed by atoms with Crippen LogP contribution >= 0.6 is 11.3 Å². The fourth-order valence-corrected chi connectivity index (χ4v) is 5.07. The zero-order valence-electron chi connectivity index (χ0n) is 15.2. The summed E-state index contributed by atoms with van der Waals surface area (Å²) in [6.07, 6.45) is 8.16. The van der Waals surface area contributed by atoms with E-state index in [2.05, 4.69) is 15.5 Å². The number of amides is 1. The lowest BCUT2D eigenvalue weighted by Crippen LogP contribution is -2.38. The molecule has 1 fully saturated rings. The smallest absolute Gasteiger partial charge is 0.264 e. The maximum absolute atomic E-state index is 13.3. The summed E-state index contributed by atoms with van der Waals surface area (Å²) in [6.45, 7) is 1.32. The van der Waals surface area contributed by atoms with Crippen LogP contribution in [0.2, 0.25) is 0 Å². The van der Waals surface area contributed by atoms with Crippen LogP contribution in [0.15, 0.2) is 9.90 Å². The quantitative estimate of drug-likeness (QED) is 0.799. The Hall–Kier alpha value is -1.73. The monoisotopic (exact) mass is 375 g/mol.